The first-order valence-electron chi connectivity index (χ1n) is 20.5. The molecule has 1 aliphatic rings. The molecule has 0 spiro atoms. The fourth-order valence-electron chi connectivity index (χ4n) is 9.79. The minimum absolute atomic E-state index is 0.528. The number of rotatable bonds is 7. The standard InChI is InChI=1S/C58H41N/c1-40-29-34-47(35-30-40)59(48-36-31-42(32-37-48)50-38-33-41-17-11-13-25-49(41)55(50)43-18-5-2-6-19-43)57-51-26-14-12-20-44(51)39-54-56(57)52-27-15-16-28-53(52)58(54,45-21-7-3-8-22-45)46-23-9-4-10-24-46/h2-39H,1H3. The van der Waals surface area contributed by atoms with Crippen molar-refractivity contribution in [1.29, 1.82) is 0 Å². The monoisotopic (exact) mass is 751 g/mol. The Morgan fingerprint density at radius 2 is 0.898 bits per heavy atom. The molecule has 0 fully saturated rings. The van der Waals surface area contributed by atoms with Crippen molar-refractivity contribution in [3.63, 3.8) is 0 Å². The van der Waals surface area contributed by atoms with Gasteiger partial charge in [-0.2, -0.15) is 0 Å². The van der Waals surface area contributed by atoms with E-state index in [1.165, 1.54) is 88.4 Å². The van der Waals surface area contributed by atoms with Crippen LogP contribution in [0.3, 0.4) is 0 Å². The minimum Gasteiger partial charge on any atom is -0.309 e. The summed E-state index contributed by atoms with van der Waals surface area (Å²) < 4.78 is 0. The molecular weight excluding hydrogens is 711 g/mol. The molecule has 10 aromatic carbocycles. The van der Waals surface area contributed by atoms with E-state index in [-0.39, 0.29) is 0 Å². The second-order valence-electron chi connectivity index (χ2n) is 15.7. The lowest BCUT2D eigenvalue weighted by Crippen LogP contribution is -2.28. The first-order chi connectivity index (χ1) is 29.2. The summed E-state index contributed by atoms with van der Waals surface area (Å²) in [6.45, 7) is 2.16. The van der Waals surface area contributed by atoms with Crippen LogP contribution in [0.1, 0.15) is 27.8 Å². The summed E-state index contributed by atoms with van der Waals surface area (Å²) in [4.78, 5) is 2.51. The van der Waals surface area contributed by atoms with Crippen LogP contribution in [0.25, 0.3) is 54.9 Å². The molecule has 0 heterocycles. The van der Waals surface area contributed by atoms with Crippen LogP contribution < -0.4 is 4.90 Å². The Balaban J connectivity index is 1.19. The molecule has 11 rings (SSSR count). The van der Waals surface area contributed by atoms with Crippen molar-refractivity contribution in [3.8, 4) is 33.4 Å². The zero-order chi connectivity index (χ0) is 39.3. The van der Waals surface area contributed by atoms with E-state index in [4.69, 9.17) is 0 Å². The van der Waals surface area contributed by atoms with Crippen molar-refractivity contribution in [2.75, 3.05) is 4.90 Å². The normalized spacial score (nSPS) is 12.6. The highest BCUT2D eigenvalue weighted by atomic mass is 15.1. The third-order valence-corrected chi connectivity index (χ3v) is 12.4. The van der Waals surface area contributed by atoms with E-state index in [2.05, 4.69) is 242 Å². The summed E-state index contributed by atoms with van der Waals surface area (Å²) in [5.74, 6) is 0. The Labute approximate surface area is 346 Å². The van der Waals surface area contributed by atoms with Crippen LogP contribution in [0.5, 0.6) is 0 Å². The van der Waals surface area contributed by atoms with Gasteiger partial charge < -0.3 is 4.90 Å². The summed E-state index contributed by atoms with van der Waals surface area (Å²) in [6.07, 6.45) is 0. The van der Waals surface area contributed by atoms with E-state index >= 15 is 0 Å². The SMILES string of the molecule is Cc1ccc(N(c2ccc(-c3ccc4ccccc4c3-c3ccccc3)cc2)c2c3c(cc4ccccc24)C(c2ccccc2)(c2ccccc2)c2ccccc2-3)cc1. The first-order valence-corrected chi connectivity index (χ1v) is 20.5. The van der Waals surface area contributed by atoms with Gasteiger partial charge >= 0.3 is 0 Å². The Morgan fingerprint density at radius 3 is 1.58 bits per heavy atom. The first kappa shape index (κ1) is 34.7. The predicted octanol–water partition coefficient (Wildman–Crippen LogP) is 15.5. The van der Waals surface area contributed by atoms with E-state index in [0.29, 0.717) is 0 Å². The van der Waals surface area contributed by atoms with Crippen LogP contribution in [-0.4, -0.2) is 0 Å². The average molecular weight is 752 g/mol. The molecule has 59 heavy (non-hydrogen) atoms. The molecule has 0 saturated carbocycles. The quantitative estimate of drug-likeness (QED) is 0.157. The second kappa shape index (κ2) is 14.2. The second-order valence-corrected chi connectivity index (χ2v) is 15.7. The lowest BCUT2D eigenvalue weighted by molar-refractivity contribution is 0.769. The summed E-state index contributed by atoms with van der Waals surface area (Å²) >= 11 is 0. The molecule has 10 aromatic rings. The van der Waals surface area contributed by atoms with Crippen molar-refractivity contribution >= 4 is 38.6 Å². The molecule has 0 aliphatic heterocycles. The maximum absolute atomic E-state index is 2.51. The van der Waals surface area contributed by atoms with Crippen LogP contribution in [0.2, 0.25) is 0 Å². The van der Waals surface area contributed by atoms with Crippen LogP contribution >= 0.6 is 0 Å². The molecule has 1 nitrogen and oxygen atoms in total. The third kappa shape index (κ3) is 5.54. The maximum atomic E-state index is 2.51. The van der Waals surface area contributed by atoms with E-state index < -0.39 is 5.41 Å². The van der Waals surface area contributed by atoms with Crippen molar-refractivity contribution in [1.82, 2.24) is 0 Å². The molecule has 1 heteroatoms. The van der Waals surface area contributed by atoms with Gasteiger partial charge in [-0.1, -0.05) is 206 Å². The number of anilines is 3. The number of nitrogens with zero attached hydrogens (tertiary/aromatic N) is 1. The number of aryl methyl sites for hydroxylation is 1. The van der Waals surface area contributed by atoms with Gasteiger partial charge in [-0.15, -0.1) is 0 Å². The van der Waals surface area contributed by atoms with Crippen molar-refractivity contribution in [3.05, 3.63) is 258 Å². The minimum atomic E-state index is -0.528. The van der Waals surface area contributed by atoms with Crippen molar-refractivity contribution in [2.45, 2.75) is 12.3 Å². The summed E-state index contributed by atoms with van der Waals surface area (Å²) in [5, 5.41) is 4.92. The number of benzene rings is 10. The zero-order valence-corrected chi connectivity index (χ0v) is 32.9. The molecule has 0 bridgehead atoms. The van der Waals surface area contributed by atoms with E-state index in [1.54, 1.807) is 0 Å². The highest BCUT2D eigenvalue weighted by Gasteiger charge is 2.48. The van der Waals surface area contributed by atoms with Gasteiger partial charge in [0.1, 0.15) is 0 Å². The van der Waals surface area contributed by atoms with Crippen molar-refractivity contribution < 1.29 is 0 Å². The third-order valence-electron chi connectivity index (χ3n) is 12.4. The number of hydrogen-bond donors (Lipinski definition) is 0. The fourth-order valence-corrected chi connectivity index (χ4v) is 9.79. The van der Waals surface area contributed by atoms with Crippen LogP contribution in [-0.2, 0) is 5.41 Å². The molecule has 0 unspecified atom stereocenters. The molecule has 278 valence electrons. The highest BCUT2D eigenvalue weighted by molar-refractivity contribution is 6.11. The maximum Gasteiger partial charge on any atom is 0.0714 e. The van der Waals surface area contributed by atoms with Gasteiger partial charge in [0.2, 0.25) is 0 Å². The molecule has 0 aromatic heterocycles. The van der Waals surface area contributed by atoms with Crippen LogP contribution in [0.15, 0.2) is 231 Å². The van der Waals surface area contributed by atoms with Gasteiger partial charge in [0.25, 0.3) is 0 Å². The molecule has 0 atom stereocenters. The molecule has 0 N–H and O–H groups in total. The Morgan fingerprint density at radius 1 is 0.356 bits per heavy atom. The molecule has 0 saturated heterocycles. The number of hydrogen-bond acceptors (Lipinski definition) is 1. The Hall–Kier alpha value is -7.48. The molecule has 1 aliphatic carbocycles. The fraction of sp³-hybridized carbons (Fsp3) is 0.0345. The Bertz CT molecular complexity index is 3090. The lowest BCUT2D eigenvalue weighted by atomic mass is 9.67. The summed E-state index contributed by atoms with van der Waals surface area (Å²) in [6, 6.07) is 85.0. The van der Waals surface area contributed by atoms with E-state index in [1.807, 2.05) is 0 Å². The largest absolute Gasteiger partial charge is 0.309 e. The topological polar surface area (TPSA) is 3.24 Å². The van der Waals surface area contributed by atoms with Gasteiger partial charge in [0.05, 0.1) is 11.1 Å². The Kier molecular flexibility index (Phi) is 8.34. The van der Waals surface area contributed by atoms with Crippen LogP contribution in [0.4, 0.5) is 17.1 Å². The predicted molar refractivity (Wildman–Crippen MR) is 249 cm³/mol. The van der Waals surface area contributed by atoms with Gasteiger partial charge in [0.15, 0.2) is 0 Å². The van der Waals surface area contributed by atoms with Gasteiger partial charge in [-0.25, -0.2) is 0 Å². The smallest absolute Gasteiger partial charge is 0.0714 e. The van der Waals surface area contributed by atoms with Crippen LogP contribution in [0, 0.1) is 6.92 Å². The molecule has 0 radical (unpaired) electrons. The van der Waals surface area contributed by atoms with Gasteiger partial charge in [-0.3, -0.25) is 0 Å². The van der Waals surface area contributed by atoms with Gasteiger partial charge in [-0.05, 0) is 103 Å². The molecule has 0 amide bonds. The molecular formula is C58H41N. The lowest BCUT2D eigenvalue weighted by Gasteiger charge is -2.35. The highest BCUT2D eigenvalue weighted by Crippen LogP contribution is 2.61. The number of fused-ring (bicyclic) bond motifs is 5. The summed E-state index contributed by atoms with van der Waals surface area (Å²) in [5.41, 5.74) is 16.6. The zero-order valence-electron chi connectivity index (χ0n) is 32.9. The van der Waals surface area contributed by atoms with E-state index in [9.17, 15) is 0 Å². The van der Waals surface area contributed by atoms with Gasteiger partial charge in [0, 0.05) is 22.3 Å². The van der Waals surface area contributed by atoms with Crippen molar-refractivity contribution in [2.24, 2.45) is 0 Å². The summed E-state index contributed by atoms with van der Waals surface area (Å²) in [7, 11) is 0. The average Bonchev–Trinajstić information content (AvgIpc) is 3.60. The van der Waals surface area contributed by atoms with E-state index in [0.717, 1.165) is 11.4 Å².